The molecule has 2 N–H and O–H groups in total. The predicted octanol–water partition coefficient (Wildman–Crippen LogP) is 5.81. The molecule has 3 aromatic carbocycles. The largest absolute Gasteiger partial charge is 0.494 e. The van der Waals surface area contributed by atoms with E-state index in [0.717, 1.165) is 53.0 Å². The summed E-state index contributed by atoms with van der Waals surface area (Å²) in [4.78, 5) is 28.4. The smallest absolute Gasteiger partial charge is 0.309 e. The van der Waals surface area contributed by atoms with Crippen LogP contribution in [0.3, 0.4) is 0 Å². The number of carboxylic acid groups (broad SMARTS) is 1. The number of carbonyl (C=O) groups excluding carboxylic acids is 1. The fraction of sp³-hybridized carbons (Fsp3) is 0.394. The van der Waals surface area contributed by atoms with Crippen molar-refractivity contribution in [1.82, 2.24) is 4.90 Å². The number of hydrogen-bond acceptors (Lipinski definition) is 6. The van der Waals surface area contributed by atoms with Gasteiger partial charge in [-0.3, -0.25) is 14.5 Å². The number of aliphatic carboxylic acids is 1. The quantitative estimate of drug-likeness (QED) is 0.307. The van der Waals surface area contributed by atoms with Crippen molar-refractivity contribution in [3.63, 3.8) is 0 Å². The second kappa shape index (κ2) is 12.6. The van der Waals surface area contributed by atoms with Gasteiger partial charge in [0.15, 0.2) is 11.5 Å². The van der Waals surface area contributed by atoms with Crippen LogP contribution in [0, 0.1) is 5.92 Å². The zero-order valence-electron chi connectivity index (χ0n) is 23.9. The van der Waals surface area contributed by atoms with Crippen molar-refractivity contribution in [3.05, 3.63) is 82.9 Å². The zero-order valence-corrected chi connectivity index (χ0v) is 23.9. The molecule has 0 spiro atoms. The van der Waals surface area contributed by atoms with Crippen molar-refractivity contribution in [3.8, 4) is 17.2 Å². The average molecular weight is 559 g/mol. The molecule has 41 heavy (non-hydrogen) atoms. The molecule has 0 radical (unpaired) electrons. The van der Waals surface area contributed by atoms with Gasteiger partial charge in [0.2, 0.25) is 12.7 Å². The van der Waals surface area contributed by atoms with Gasteiger partial charge in [-0.1, -0.05) is 57.2 Å². The Kier molecular flexibility index (Phi) is 8.78. The third-order valence-electron chi connectivity index (χ3n) is 8.01. The maximum Gasteiger partial charge on any atom is 0.309 e. The van der Waals surface area contributed by atoms with Crippen molar-refractivity contribution in [2.75, 3.05) is 31.8 Å². The Balaban J connectivity index is 1.47. The summed E-state index contributed by atoms with van der Waals surface area (Å²) in [6, 6.07) is 18.7. The first-order valence-corrected chi connectivity index (χ1v) is 14.4. The number of anilines is 1. The van der Waals surface area contributed by atoms with Crippen LogP contribution in [0.1, 0.15) is 61.4 Å². The molecule has 0 aromatic heterocycles. The van der Waals surface area contributed by atoms with E-state index in [2.05, 4.69) is 26.1 Å². The molecule has 1 amide bonds. The maximum atomic E-state index is 13.6. The molecule has 216 valence electrons. The van der Waals surface area contributed by atoms with E-state index in [0.29, 0.717) is 24.7 Å². The number of para-hydroxylation sites is 1. The summed E-state index contributed by atoms with van der Waals surface area (Å²) in [6.45, 7) is 7.41. The number of ether oxygens (including phenoxy) is 3. The molecular weight excluding hydrogens is 520 g/mol. The monoisotopic (exact) mass is 558 g/mol. The molecule has 5 rings (SSSR count). The molecule has 1 fully saturated rings. The molecule has 8 nitrogen and oxygen atoms in total. The van der Waals surface area contributed by atoms with E-state index in [-0.39, 0.29) is 25.2 Å². The lowest BCUT2D eigenvalue weighted by atomic mass is 9.83. The van der Waals surface area contributed by atoms with Crippen molar-refractivity contribution in [1.29, 1.82) is 0 Å². The lowest BCUT2D eigenvalue weighted by Crippen LogP contribution is -2.35. The lowest BCUT2D eigenvalue weighted by Gasteiger charge is -2.27. The highest BCUT2D eigenvalue weighted by atomic mass is 16.7. The number of amides is 1. The van der Waals surface area contributed by atoms with Gasteiger partial charge in [0, 0.05) is 24.2 Å². The molecule has 1 saturated heterocycles. The lowest BCUT2D eigenvalue weighted by molar-refractivity contribution is -0.143. The van der Waals surface area contributed by atoms with E-state index in [9.17, 15) is 14.7 Å². The van der Waals surface area contributed by atoms with Gasteiger partial charge in [0.05, 0.1) is 19.1 Å². The van der Waals surface area contributed by atoms with Crippen LogP contribution in [0.25, 0.3) is 0 Å². The summed E-state index contributed by atoms with van der Waals surface area (Å²) >= 11 is 0. The molecule has 2 aliphatic rings. The maximum absolute atomic E-state index is 13.6. The third kappa shape index (κ3) is 6.03. The number of benzene rings is 3. The number of rotatable bonds is 11. The van der Waals surface area contributed by atoms with Gasteiger partial charge in [0.1, 0.15) is 5.75 Å². The van der Waals surface area contributed by atoms with E-state index in [1.54, 1.807) is 0 Å². The number of carbonyl (C=O) groups is 2. The molecular formula is C33H38N2O6. The van der Waals surface area contributed by atoms with E-state index in [1.165, 1.54) is 0 Å². The molecule has 0 bridgehead atoms. The molecule has 8 heteroatoms. The summed E-state index contributed by atoms with van der Waals surface area (Å²) in [7, 11) is 0. The fourth-order valence-corrected chi connectivity index (χ4v) is 6.02. The Hall–Kier alpha value is -4.04. The number of nitrogens with one attached hydrogen (secondary N) is 1. The van der Waals surface area contributed by atoms with E-state index >= 15 is 0 Å². The zero-order chi connectivity index (χ0) is 28.9. The summed E-state index contributed by atoms with van der Waals surface area (Å²) in [5.74, 6) is -0.210. The Labute approximate surface area is 241 Å². The Morgan fingerprint density at radius 2 is 1.63 bits per heavy atom. The van der Waals surface area contributed by atoms with Gasteiger partial charge >= 0.3 is 5.97 Å². The molecule has 0 unspecified atom stereocenters. The van der Waals surface area contributed by atoms with Crippen molar-refractivity contribution < 1.29 is 28.9 Å². The minimum atomic E-state index is -0.906. The van der Waals surface area contributed by atoms with Crippen LogP contribution in [0.4, 0.5) is 5.69 Å². The number of aryl methyl sites for hydroxylation is 2. The number of nitrogens with zero attached hydrogens (tertiary/aromatic N) is 1. The van der Waals surface area contributed by atoms with E-state index in [1.807, 2.05) is 65.6 Å². The SMILES string of the molecule is CCCOc1ccc([C@H]2CN(CC(=O)Nc3c(CC)cccc3CC)[C@@H](c3ccc4c(c3)OCO4)[C@@H]2C(=O)O)cc1. The molecule has 0 saturated carbocycles. The number of carboxylic acids is 1. The third-order valence-corrected chi connectivity index (χ3v) is 8.01. The Morgan fingerprint density at radius 1 is 0.951 bits per heavy atom. The number of fused-ring (bicyclic) bond motifs is 1. The van der Waals surface area contributed by atoms with Gasteiger partial charge in [-0.25, -0.2) is 0 Å². The van der Waals surface area contributed by atoms with Crippen LogP contribution in [-0.2, 0) is 22.4 Å². The highest BCUT2D eigenvalue weighted by Gasteiger charge is 2.48. The van der Waals surface area contributed by atoms with Crippen molar-refractivity contribution in [2.24, 2.45) is 5.92 Å². The van der Waals surface area contributed by atoms with Crippen LogP contribution in [-0.4, -0.2) is 48.4 Å². The fourth-order valence-electron chi connectivity index (χ4n) is 6.02. The Morgan fingerprint density at radius 3 is 2.29 bits per heavy atom. The molecule has 2 heterocycles. The first-order valence-electron chi connectivity index (χ1n) is 14.4. The van der Waals surface area contributed by atoms with Crippen LogP contribution in [0.2, 0.25) is 0 Å². The second-order valence-corrected chi connectivity index (χ2v) is 10.6. The van der Waals surface area contributed by atoms with Gasteiger partial charge in [-0.2, -0.15) is 0 Å². The van der Waals surface area contributed by atoms with E-state index in [4.69, 9.17) is 14.2 Å². The predicted molar refractivity (Wildman–Crippen MR) is 157 cm³/mol. The molecule has 0 aliphatic carbocycles. The van der Waals surface area contributed by atoms with Gasteiger partial charge in [-0.05, 0) is 65.8 Å². The topological polar surface area (TPSA) is 97.3 Å². The standard InChI is InChI=1S/C33H38N2O6/c1-4-16-39-25-13-10-23(11-14-25)26-18-35(19-29(36)34-31-21(5-2)8-7-9-22(31)6-3)32(30(26)33(37)38)24-12-15-27-28(17-24)41-20-40-27/h7-15,17,26,30,32H,4-6,16,18-20H2,1-3H3,(H,34,36)(H,37,38)/t26-,30-,32+/m1/s1. The molecule has 3 aromatic rings. The van der Waals surface area contributed by atoms with Gasteiger partial charge < -0.3 is 24.6 Å². The Bertz CT molecular complexity index is 1370. The van der Waals surface area contributed by atoms with Crippen LogP contribution in [0.15, 0.2) is 60.7 Å². The van der Waals surface area contributed by atoms with Crippen molar-refractivity contribution >= 4 is 17.6 Å². The summed E-state index contributed by atoms with van der Waals surface area (Å²) in [5, 5.41) is 13.7. The number of hydrogen-bond donors (Lipinski definition) is 2. The normalized spacial score (nSPS) is 19.7. The highest BCUT2D eigenvalue weighted by molar-refractivity contribution is 5.94. The van der Waals surface area contributed by atoms with Gasteiger partial charge in [0.25, 0.3) is 0 Å². The van der Waals surface area contributed by atoms with Gasteiger partial charge in [-0.15, -0.1) is 0 Å². The van der Waals surface area contributed by atoms with Crippen LogP contribution < -0.4 is 19.5 Å². The summed E-state index contributed by atoms with van der Waals surface area (Å²) < 4.78 is 16.9. The van der Waals surface area contributed by atoms with Crippen LogP contribution >= 0.6 is 0 Å². The molecule has 3 atom stereocenters. The van der Waals surface area contributed by atoms with E-state index < -0.39 is 17.9 Å². The first kappa shape index (κ1) is 28.5. The minimum Gasteiger partial charge on any atom is -0.494 e. The highest BCUT2D eigenvalue weighted by Crippen LogP contribution is 2.48. The van der Waals surface area contributed by atoms with Crippen molar-refractivity contribution in [2.45, 2.75) is 52.0 Å². The minimum absolute atomic E-state index is 0.0539. The number of likely N-dealkylation sites (tertiary alicyclic amines) is 1. The van der Waals surface area contributed by atoms with Crippen LogP contribution in [0.5, 0.6) is 17.2 Å². The second-order valence-electron chi connectivity index (χ2n) is 10.6. The summed E-state index contributed by atoms with van der Waals surface area (Å²) in [5.41, 5.74) is 4.70. The molecule has 2 aliphatic heterocycles. The average Bonchev–Trinajstić information content (AvgIpc) is 3.60. The first-order chi connectivity index (χ1) is 19.9. The summed E-state index contributed by atoms with van der Waals surface area (Å²) in [6.07, 6.45) is 2.50.